The number of amides is 2. The van der Waals surface area contributed by atoms with Gasteiger partial charge in [0.2, 0.25) is 5.91 Å². The second-order valence-corrected chi connectivity index (χ2v) is 7.48. The van der Waals surface area contributed by atoms with E-state index in [-0.39, 0.29) is 17.7 Å². The van der Waals surface area contributed by atoms with Gasteiger partial charge in [0, 0.05) is 44.8 Å². The Kier molecular flexibility index (Phi) is 5.88. The van der Waals surface area contributed by atoms with Gasteiger partial charge in [0.15, 0.2) is 0 Å². The van der Waals surface area contributed by atoms with Crippen LogP contribution in [0.5, 0.6) is 0 Å². The molecule has 1 N–H and O–H groups in total. The van der Waals surface area contributed by atoms with Crippen molar-refractivity contribution in [1.82, 2.24) is 25.0 Å². The molecule has 1 aliphatic rings. The molecule has 3 heterocycles. The maximum Gasteiger partial charge on any atom is 0.271 e. The lowest BCUT2D eigenvalue weighted by molar-refractivity contribution is -0.134. The standard InChI is InChI=1S/C23H25N5O2/c1-2-27-12-13-28(23(30)21-9-11-25-26-21)16-20(22(27)29)14-17-5-7-18(8-6-17)19-4-3-10-24-15-19/h3-11,15,20H,2,12-14,16H2,1H3,(H,25,26)/t20-/m1/s1. The van der Waals surface area contributed by atoms with Crippen LogP contribution in [-0.4, -0.2) is 63.0 Å². The lowest BCUT2D eigenvalue weighted by atomic mass is 9.96. The highest BCUT2D eigenvalue weighted by molar-refractivity contribution is 5.93. The van der Waals surface area contributed by atoms with Crippen molar-refractivity contribution in [3.05, 3.63) is 72.3 Å². The molecule has 0 unspecified atom stereocenters. The van der Waals surface area contributed by atoms with Gasteiger partial charge in [-0.3, -0.25) is 19.7 Å². The van der Waals surface area contributed by atoms with E-state index in [1.54, 1.807) is 23.4 Å². The van der Waals surface area contributed by atoms with Crippen molar-refractivity contribution in [2.45, 2.75) is 13.3 Å². The summed E-state index contributed by atoms with van der Waals surface area (Å²) < 4.78 is 0. The van der Waals surface area contributed by atoms with E-state index in [4.69, 9.17) is 0 Å². The number of likely N-dealkylation sites (N-methyl/N-ethyl adjacent to an activating group) is 1. The van der Waals surface area contributed by atoms with Crippen LogP contribution < -0.4 is 0 Å². The van der Waals surface area contributed by atoms with Crippen molar-refractivity contribution >= 4 is 11.8 Å². The Bertz CT molecular complexity index is 986. The maximum atomic E-state index is 13.1. The lowest BCUT2D eigenvalue weighted by Gasteiger charge is -2.23. The predicted octanol–water partition coefficient (Wildman–Crippen LogP) is 2.63. The average molecular weight is 403 g/mol. The topological polar surface area (TPSA) is 82.2 Å². The molecule has 2 amide bonds. The molecule has 0 aliphatic carbocycles. The number of carbonyl (C=O) groups is 2. The van der Waals surface area contributed by atoms with E-state index in [0.717, 1.165) is 16.7 Å². The van der Waals surface area contributed by atoms with Crippen LogP contribution in [0.2, 0.25) is 0 Å². The summed E-state index contributed by atoms with van der Waals surface area (Å²) in [4.78, 5) is 33.7. The summed E-state index contributed by atoms with van der Waals surface area (Å²) in [6.45, 7) is 4.09. The molecule has 2 aromatic heterocycles. The Morgan fingerprint density at radius 1 is 1.10 bits per heavy atom. The quantitative estimate of drug-likeness (QED) is 0.710. The van der Waals surface area contributed by atoms with Gasteiger partial charge >= 0.3 is 0 Å². The fourth-order valence-corrected chi connectivity index (χ4v) is 3.89. The molecular weight excluding hydrogens is 378 g/mol. The number of aromatic nitrogens is 3. The minimum Gasteiger partial charge on any atom is -0.341 e. The number of nitrogens with zero attached hydrogens (tertiary/aromatic N) is 4. The van der Waals surface area contributed by atoms with Gasteiger partial charge < -0.3 is 9.80 Å². The smallest absolute Gasteiger partial charge is 0.271 e. The van der Waals surface area contributed by atoms with Gasteiger partial charge in [0.1, 0.15) is 5.69 Å². The summed E-state index contributed by atoms with van der Waals surface area (Å²) in [5.41, 5.74) is 3.67. The average Bonchev–Trinajstić information content (AvgIpc) is 3.28. The first-order valence-corrected chi connectivity index (χ1v) is 10.2. The molecule has 7 nitrogen and oxygen atoms in total. The number of carbonyl (C=O) groups excluding carboxylic acids is 2. The number of nitrogens with one attached hydrogen (secondary N) is 1. The molecule has 1 aromatic carbocycles. The Morgan fingerprint density at radius 2 is 1.93 bits per heavy atom. The minimum absolute atomic E-state index is 0.105. The number of aromatic amines is 1. The lowest BCUT2D eigenvalue weighted by Crippen LogP contribution is -2.38. The van der Waals surface area contributed by atoms with Crippen molar-refractivity contribution in [3.63, 3.8) is 0 Å². The highest BCUT2D eigenvalue weighted by atomic mass is 16.2. The van der Waals surface area contributed by atoms with Crippen LogP contribution >= 0.6 is 0 Å². The van der Waals surface area contributed by atoms with Crippen LogP contribution in [0, 0.1) is 5.92 Å². The number of pyridine rings is 1. The summed E-state index contributed by atoms with van der Waals surface area (Å²) >= 11 is 0. The zero-order valence-corrected chi connectivity index (χ0v) is 17.0. The molecule has 154 valence electrons. The van der Waals surface area contributed by atoms with E-state index >= 15 is 0 Å². The molecule has 0 spiro atoms. The zero-order valence-electron chi connectivity index (χ0n) is 17.0. The molecular formula is C23H25N5O2. The Balaban J connectivity index is 1.52. The Hall–Kier alpha value is -3.48. The number of benzene rings is 1. The molecule has 1 atom stereocenters. The largest absolute Gasteiger partial charge is 0.341 e. The highest BCUT2D eigenvalue weighted by Gasteiger charge is 2.32. The monoisotopic (exact) mass is 403 g/mol. The van der Waals surface area contributed by atoms with Gasteiger partial charge in [-0.05, 0) is 42.2 Å². The third kappa shape index (κ3) is 4.25. The second kappa shape index (κ2) is 8.90. The molecule has 0 bridgehead atoms. The predicted molar refractivity (Wildman–Crippen MR) is 114 cm³/mol. The molecule has 30 heavy (non-hydrogen) atoms. The molecule has 0 radical (unpaired) electrons. The van der Waals surface area contributed by atoms with E-state index < -0.39 is 0 Å². The van der Waals surface area contributed by atoms with Crippen LogP contribution in [0.3, 0.4) is 0 Å². The van der Waals surface area contributed by atoms with Crippen molar-refractivity contribution in [3.8, 4) is 11.1 Å². The first kappa shape index (κ1) is 19.8. The number of H-pyrrole nitrogens is 1. The summed E-state index contributed by atoms with van der Waals surface area (Å²) in [5, 5.41) is 6.61. The number of hydrogen-bond acceptors (Lipinski definition) is 4. The third-order valence-electron chi connectivity index (χ3n) is 5.57. The second-order valence-electron chi connectivity index (χ2n) is 7.48. The van der Waals surface area contributed by atoms with Crippen LogP contribution in [0.1, 0.15) is 23.0 Å². The van der Waals surface area contributed by atoms with E-state index in [1.807, 2.05) is 30.2 Å². The zero-order chi connectivity index (χ0) is 20.9. The van der Waals surface area contributed by atoms with Crippen LogP contribution in [-0.2, 0) is 11.2 Å². The van der Waals surface area contributed by atoms with Crippen molar-refractivity contribution in [1.29, 1.82) is 0 Å². The summed E-state index contributed by atoms with van der Waals surface area (Å²) in [6, 6.07) is 13.8. The summed E-state index contributed by atoms with van der Waals surface area (Å²) in [5.74, 6) is -0.285. The SMILES string of the molecule is CCN1CCN(C(=O)c2ccn[nH]2)C[C@@H](Cc2ccc(-c3cccnc3)cc2)C1=O. The van der Waals surface area contributed by atoms with Gasteiger partial charge in [0.05, 0.1) is 5.92 Å². The van der Waals surface area contributed by atoms with Crippen LogP contribution in [0.4, 0.5) is 0 Å². The van der Waals surface area contributed by atoms with Gasteiger partial charge in [-0.1, -0.05) is 30.3 Å². The maximum absolute atomic E-state index is 13.1. The molecule has 1 fully saturated rings. The van der Waals surface area contributed by atoms with E-state index in [2.05, 4.69) is 39.4 Å². The molecule has 1 saturated heterocycles. The Labute approximate surface area is 175 Å². The molecule has 1 aliphatic heterocycles. The van der Waals surface area contributed by atoms with E-state index in [9.17, 15) is 9.59 Å². The number of hydrogen-bond donors (Lipinski definition) is 1. The molecule has 4 rings (SSSR count). The van der Waals surface area contributed by atoms with Gasteiger partial charge in [-0.15, -0.1) is 0 Å². The molecule has 7 heteroatoms. The highest BCUT2D eigenvalue weighted by Crippen LogP contribution is 2.22. The number of rotatable bonds is 5. The molecule has 3 aromatic rings. The first-order valence-electron chi connectivity index (χ1n) is 10.2. The van der Waals surface area contributed by atoms with E-state index in [1.165, 1.54) is 0 Å². The Morgan fingerprint density at radius 3 is 2.60 bits per heavy atom. The normalized spacial score (nSPS) is 17.1. The third-order valence-corrected chi connectivity index (χ3v) is 5.57. The molecule has 0 saturated carbocycles. The van der Waals surface area contributed by atoms with E-state index in [0.29, 0.717) is 38.3 Å². The van der Waals surface area contributed by atoms with Gasteiger partial charge in [0.25, 0.3) is 5.91 Å². The fraction of sp³-hybridized carbons (Fsp3) is 0.304. The van der Waals surface area contributed by atoms with Gasteiger partial charge in [-0.25, -0.2) is 0 Å². The van der Waals surface area contributed by atoms with Crippen molar-refractivity contribution < 1.29 is 9.59 Å². The van der Waals surface area contributed by atoms with Crippen molar-refractivity contribution in [2.75, 3.05) is 26.2 Å². The minimum atomic E-state index is -0.274. The fourth-order valence-electron chi connectivity index (χ4n) is 3.89. The van der Waals surface area contributed by atoms with Gasteiger partial charge in [-0.2, -0.15) is 5.10 Å². The van der Waals surface area contributed by atoms with Crippen molar-refractivity contribution in [2.24, 2.45) is 5.92 Å². The van der Waals surface area contributed by atoms with Crippen LogP contribution in [0.15, 0.2) is 61.1 Å². The summed E-state index contributed by atoms with van der Waals surface area (Å²) in [6.07, 6.45) is 5.75. The summed E-state index contributed by atoms with van der Waals surface area (Å²) in [7, 11) is 0. The first-order chi connectivity index (χ1) is 14.7. The van der Waals surface area contributed by atoms with Crippen LogP contribution in [0.25, 0.3) is 11.1 Å².